The molecule has 2 amide bonds. The van der Waals surface area contributed by atoms with E-state index in [0.29, 0.717) is 15.6 Å². The van der Waals surface area contributed by atoms with E-state index in [1.165, 1.54) is 42.9 Å². The molecule has 9 heteroatoms. The lowest BCUT2D eigenvalue weighted by Crippen LogP contribution is -2.28. The quantitative estimate of drug-likeness (QED) is 0.379. The van der Waals surface area contributed by atoms with Crippen LogP contribution in [-0.4, -0.2) is 28.0 Å². The number of hydrogen-bond donors (Lipinski definition) is 4. The molecular weight excluding hydrogens is 468 g/mol. The normalized spacial score (nSPS) is 11.1. The van der Waals surface area contributed by atoms with Gasteiger partial charge >= 0.3 is 5.97 Å². The molecule has 4 N–H and O–H groups in total. The molecule has 0 aliphatic heterocycles. The Balaban J connectivity index is 1.69. The fraction of sp³-hybridized carbons (Fsp3) is 0.0455. The molecule has 0 aliphatic rings. The van der Waals surface area contributed by atoms with Crippen LogP contribution < -0.4 is 10.6 Å². The van der Waals surface area contributed by atoms with Crippen LogP contribution in [0.25, 0.3) is 6.08 Å². The molecule has 0 atom stereocenters. The van der Waals surface area contributed by atoms with E-state index >= 15 is 0 Å². The zero-order valence-electron chi connectivity index (χ0n) is 16.0. The van der Waals surface area contributed by atoms with Crippen LogP contribution in [-0.2, 0) is 11.3 Å². The van der Waals surface area contributed by atoms with E-state index < -0.39 is 11.9 Å². The second kappa shape index (κ2) is 9.77. The van der Waals surface area contributed by atoms with Crippen LogP contribution in [0, 0.1) is 0 Å². The van der Waals surface area contributed by atoms with Gasteiger partial charge in [0.25, 0.3) is 11.8 Å². The Morgan fingerprint density at radius 3 is 2.52 bits per heavy atom. The van der Waals surface area contributed by atoms with Gasteiger partial charge in [-0.05, 0) is 64.0 Å². The van der Waals surface area contributed by atoms with E-state index in [4.69, 9.17) is 4.42 Å². The number of phenolic OH excluding ortho intramolecular Hbond substituents is 1. The molecule has 0 bridgehead atoms. The molecule has 1 aromatic heterocycles. The average molecular weight is 485 g/mol. The van der Waals surface area contributed by atoms with Crippen LogP contribution in [0.4, 0.5) is 0 Å². The molecule has 0 spiro atoms. The number of carboxylic acid groups (broad SMARTS) is 1. The van der Waals surface area contributed by atoms with Crippen molar-refractivity contribution in [2.75, 3.05) is 0 Å². The van der Waals surface area contributed by atoms with Crippen molar-refractivity contribution >= 4 is 39.8 Å². The minimum absolute atomic E-state index is 0.104. The monoisotopic (exact) mass is 484 g/mol. The van der Waals surface area contributed by atoms with Crippen molar-refractivity contribution in [2.24, 2.45) is 0 Å². The van der Waals surface area contributed by atoms with Gasteiger partial charge in [-0.2, -0.15) is 0 Å². The van der Waals surface area contributed by atoms with Crippen LogP contribution in [0.15, 0.2) is 75.6 Å². The summed E-state index contributed by atoms with van der Waals surface area (Å²) < 4.78 is 5.21. The number of carboxylic acids is 1. The number of hydrogen-bond acceptors (Lipinski definition) is 5. The highest BCUT2D eigenvalue weighted by Crippen LogP contribution is 2.20. The Morgan fingerprint density at radius 1 is 1.06 bits per heavy atom. The summed E-state index contributed by atoms with van der Waals surface area (Å²) in [6, 6.07) is 12.4. The third-order valence-electron chi connectivity index (χ3n) is 4.17. The minimum atomic E-state index is -1.31. The fourth-order valence-electron chi connectivity index (χ4n) is 2.66. The Kier molecular flexibility index (Phi) is 6.88. The molecule has 158 valence electrons. The average Bonchev–Trinajstić information content (AvgIpc) is 3.24. The third-order valence-corrected chi connectivity index (χ3v) is 4.83. The predicted octanol–water partition coefficient (Wildman–Crippen LogP) is 3.53. The van der Waals surface area contributed by atoms with E-state index in [-0.39, 0.29) is 29.5 Å². The summed E-state index contributed by atoms with van der Waals surface area (Å²) in [7, 11) is 0. The first kappa shape index (κ1) is 21.8. The van der Waals surface area contributed by atoms with Crippen molar-refractivity contribution in [2.45, 2.75) is 6.54 Å². The SMILES string of the molecule is O=C(O)/C(=C\c1ccoc1)NC(=O)c1ccc(C(=O)NCc2cccc(O)c2)cc1Br. The van der Waals surface area contributed by atoms with Crippen molar-refractivity contribution in [3.05, 3.63) is 93.5 Å². The predicted molar refractivity (Wildman–Crippen MR) is 115 cm³/mol. The van der Waals surface area contributed by atoms with Gasteiger partial charge in [-0.3, -0.25) is 9.59 Å². The summed E-state index contributed by atoms with van der Waals surface area (Å²) in [5, 5.41) is 23.9. The van der Waals surface area contributed by atoms with Crippen molar-refractivity contribution < 1.29 is 29.0 Å². The van der Waals surface area contributed by atoms with Gasteiger partial charge in [0.15, 0.2) is 0 Å². The van der Waals surface area contributed by atoms with Crippen LogP contribution in [0.3, 0.4) is 0 Å². The van der Waals surface area contributed by atoms with Gasteiger partial charge in [0.1, 0.15) is 11.4 Å². The Hall–Kier alpha value is -3.85. The summed E-state index contributed by atoms with van der Waals surface area (Å²) >= 11 is 3.25. The zero-order chi connectivity index (χ0) is 22.4. The molecule has 3 rings (SSSR count). The van der Waals surface area contributed by atoms with Crippen LogP contribution in [0.5, 0.6) is 5.75 Å². The second-order valence-electron chi connectivity index (χ2n) is 6.42. The van der Waals surface area contributed by atoms with E-state index in [9.17, 15) is 24.6 Å². The Bertz CT molecular complexity index is 1150. The standard InChI is InChI=1S/C22H17BrN2O6/c23-18-10-15(20(27)24-11-13-2-1-3-16(26)8-13)4-5-17(18)21(28)25-19(22(29)30)9-14-6-7-31-12-14/h1-10,12,26H,11H2,(H,24,27)(H,25,28)(H,29,30)/b19-9+. The lowest BCUT2D eigenvalue weighted by molar-refractivity contribution is -0.132. The van der Waals surface area contributed by atoms with Gasteiger partial charge in [0.05, 0.1) is 18.1 Å². The lowest BCUT2D eigenvalue weighted by atomic mass is 10.1. The van der Waals surface area contributed by atoms with Crippen molar-refractivity contribution in [3.8, 4) is 5.75 Å². The number of halogens is 1. The first-order valence-corrected chi connectivity index (χ1v) is 9.77. The van der Waals surface area contributed by atoms with E-state index in [1.807, 2.05) is 0 Å². The number of carbonyl (C=O) groups excluding carboxylic acids is 2. The second-order valence-corrected chi connectivity index (χ2v) is 7.28. The van der Waals surface area contributed by atoms with Crippen molar-refractivity contribution in [1.82, 2.24) is 10.6 Å². The summed E-state index contributed by atoms with van der Waals surface area (Å²) in [5.41, 5.74) is 1.34. The topological polar surface area (TPSA) is 129 Å². The number of aliphatic carboxylic acids is 1. The van der Waals surface area contributed by atoms with Gasteiger partial charge in [0.2, 0.25) is 0 Å². The minimum Gasteiger partial charge on any atom is -0.508 e. The maximum atomic E-state index is 12.5. The molecule has 0 saturated heterocycles. The summed E-state index contributed by atoms with van der Waals surface area (Å²) in [4.78, 5) is 36.4. The largest absolute Gasteiger partial charge is 0.508 e. The van der Waals surface area contributed by atoms with Gasteiger partial charge in [0, 0.05) is 22.1 Å². The first-order chi connectivity index (χ1) is 14.8. The number of aromatic hydroxyl groups is 1. The molecule has 1 heterocycles. The fourth-order valence-corrected chi connectivity index (χ4v) is 3.21. The number of phenols is 1. The van der Waals surface area contributed by atoms with Gasteiger partial charge in [-0.25, -0.2) is 4.79 Å². The van der Waals surface area contributed by atoms with E-state index in [2.05, 4.69) is 26.6 Å². The molecule has 0 fully saturated rings. The highest BCUT2D eigenvalue weighted by molar-refractivity contribution is 9.10. The molecule has 0 aliphatic carbocycles. The highest BCUT2D eigenvalue weighted by Gasteiger charge is 2.17. The first-order valence-electron chi connectivity index (χ1n) is 8.97. The van der Waals surface area contributed by atoms with E-state index in [0.717, 1.165) is 5.56 Å². The van der Waals surface area contributed by atoms with Gasteiger partial charge in [-0.1, -0.05) is 12.1 Å². The molecule has 8 nitrogen and oxygen atoms in total. The van der Waals surface area contributed by atoms with Crippen LogP contribution in [0.2, 0.25) is 0 Å². The zero-order valence-corrected chi connectivity index (χ0v) is 17.5. The lowest BCUT2D eigenvalue weighted by Gasteiger charge is -2.10. The number of amides is 2. The molecule has 0 saturated carbocycles. The maximum Gasteiger partial charge on any atom is 0.352 e. The summed E-state index contributed by atoms with van der Waals surface area (Å²) in [6.45, 7) is 0.216. The van der Waals surface area contributed by atoms with E-state index in [1.54, 1.807) is 24.3 Å². The van der Waals surface area contributed by atoms with Crippen molar-refractivity contribution in [1.29, 1.82) is 0 Å². The van der Waals surface area contributed by atoms with Gasteiger partial charge < -0.3 is 25.3 Å². The number of rotatable bonds is 7. The molecule has 2 aromatic carbocycles. The molecule has 3 aromatic rings. The number of furan rings is 1. The molecule has 0 radical (unpaired) electrons. The molecule has 0 unspecified atom stereocenters. The van der Waals surface area contributed by atoms with Crippen molar-refractivity contribution in [3.63, 3.8) is 0 Å². The molecule has 31 heavy (non-hydrogen) atoms. The number of nitrogens with one attached hydrogen (secondary N) is 2. The smallest absolute Gasteiger partial charge is 0.352 e. The van der Waals surface area contributed by atoms with Gasteiger partial charge in [-0.15, -0.1) is 0 Å². The maximum absolute atomic E-state index is 12.5. The van der Waals surface area contributed by atoms with Crippen LogP contribution >= 0.6 is 15.9 Å². The Morgan fingerprint density at radius 2 is 1.87 bits per heavy atom. The number of benzene rings is 2. The third kappa shape index (κ3) is 5.83. The summed E-state index contributed by atoms with van der Waals surface area (Å²) in [5.74, 6) is -2.24. The van der Waals surface area contributed by atoms with Crippen LogP contribution in [0.1, 0.15) is 31.8 Å². The Labute approximate surface area is 185 Å². The highest BCUT2D eigenvalue weighted by atomic mass is 79.9. The molecular formula is C22H17BrN2O6. The number of carbonyl (C=O) groups is 3. The summed E-state index contributed by atoms with van der Waals surface area (Å²) in [6.07, 6.45) is 3.99.